The quantitative estimate of drug-likeness (QED) is 0.833. The largest absolute Gasteiger partial charge is 0.263 e. The van der Waals surface area contributed by atoms with Gasteiger partial charge in [0.25, 0.3) is 0 Å². The van der Waals surface area contributed by atoms with Gasteiger partial charge in [-0.15, -0.1) is 0 Å². The molecule has 1 aromatic rings. The normalized spacial score (nSPS) is 18.1. The minimum Gasteiger partial charge on any atom is -0.263 e. The predicted molar refractivity (Wildman–Crippen MR) is 81.6 cm³/mol. The summed E-state index contributed by atoms with van der Waals surface area (Å²) in [6.45, 7) is 2.00. The molecule has 0 radical (unpaired) electrons. The summed E-state index contributed by atoms with van der Waals surface area (Å²) in [6, 6.07) is 3.89. The van der Waals surface area contributed by atoms with Crippen molar-refractivity contribution in [3.8, 4) is 6.07 Å². The second kappa shape index (κ2) is 7.04. The number of nitrogens with zero attached hydrogens (tertiary/aromatic N) is 2. The zero-order valence-electron chi connectivity index (χ0n) is 12.5. The van der Waals surface area contributed by atoms with Crippen molar-refractivity contribution in [2.45, 2.75) is 67.9 Å². The lowest BCUT2D eigenvalue weighted by Crippen LogP contribution is -2.24. The van der Waals surface area contributed by atoms with Gasteiger partial charge >= 0.3 is 0 Å². The van der Waals surface area contributed by atoms with Crippen LogP contribution in [-0.2, 0) is 9.84 Å². The highest BCUT2D eigenvalue weighted by Crippen LogP contribution is 2.30. The van der Waals surface area contributed by atoms with Gasteiger partial charge in [0.2, 0.25) is 0 Å². The topological polar surface area (TPSA) is 70.8 Å². The van der Waals surface area contributed by atoms with Gasteiger partial charge in [0, 0.05) is 18.8 Å². The van der Waals surface area contributed by atoms with Crippen LogP contribution < -0.4 is 0 Å². The molecule has 1 fully saturated rings. The van der Waals surface area contributed by atoms with Crippen molar-refractivity contribution in [2.24, 2.45) is 0 Å². The molecule has 21 heavy (non-hydrogen) atoms. The third-order valence-electron chi connectivity index (χ3n) is 4.36. The fourth-order valence-electron chi connectivity index (χ4n) is 2.99. The lowest BCUT2D eigenvalue weighted by molar-refractivity contribution is 0.483. The van der Waals surface area contributed by atoms with Crippen LogP contribution in [0.25, 0.3) is 0 Å². The van der Waals surface area contributed by atoms with Crippen LogP contribution in [0.1, 0.15) is 63.4 Å². The Balaban J connectivity index is 2.29. The summed E-state index contributed by atoms with van der Waals surface area (Å²) in [5.74, 6) is 0.0593. The molecule has 0 amide bonds. The summed E-state index contributed by atoms with van der Waals surface area (Å²) in [6.07, 6.45) is 8.95. The molecule has 2 rings (SSSR count). The number of rotatable bonds is 5. The molecule has 1 saturated carbocycles. The van der Waals surface area contributed by atoms with E-state index in [4.69, 9.17) is 5.26 Å². The summed E-state index contributed by atoms with van der Waals surface area (Å²) in [7, 11) is -3.29. The predicted octanol–water partition coefficient (Wildman–Crippen LogP) is 3.60. The number of hydrogen-bond donors (Lipinski definition) is 0. The first kappa shape index (κ1) is 16.0. The van der Waals surface area contributed by atoms with Gasteiger partial charge in [-0.3, -0.25) is 4.98 Å². The molecule has 0 saturated heterocycles. The third-order valence-corrected chi connectivity index (χ3v) is 6.59. The molecule has 1 heterocycles. The number of sulfone groups is 1. The zero-order valence-corrected chi connectivity index (χ0v) is 13.3. The van der Waals surface area contributed by atoms with Crippen LogP contribution in [0.5, 0.6) is 0 Å². The SMILES string of the molecule is CCC(CC#N)c1cncc(S(=O)(=O)C2CCCCC2)c1. The smallest absolute Gasteiger partial charge is 0.182 e. The van der Waals surface area contributed by atoms with Crippen LogP contribution in [0.4, 0.5) is 0 Å². The summed E-state index contributed by atoms with van der Waals surface area (Å²) in [5, 5.41) is 8.61. The first-order chi connectivity index (χ1) is 10.1. The monoisotopic (exact) mass is 306 g/mol. The van der Waals surface area contributed by atoms with E-state index in [2.05, 4.69) is 11.1 Å². The van der Waals surface area contributed by atoms with Gasteiger partial charge in [-0.05, 0) is 36.8 Å². The number of pyridine rings is 1. The Bertz CT molecular complexity index is 613. The van der Waals surface area contributed by atoms with Crippen LogP contribution in [0.15, 0.2) is 23.4 Å². The molecule has 1 atom stereocenters. The Morgan fingerprint density at radius 3 is 2.67 bits per heavy atom. The molecule has 1 unspecified atom stereocenters. The van der Waals surface area contributed by atoms with Crippen molar-refractivity contribution in [2.75, 3.05) is 0 Å². The van der Waals surface area contributed by atoms with E-state index in [-0.39, 0.29) is 11.2 Å². The first-order valence-corrected chi connectivity index (χ1v) is 9.20. The van der Waals surface area contributed by atoms with Gasteiger partial charge in [-0.25, -0.2) is 8.42 Å². The Labute approximate surface area is 127 Å². The zero-order chi connectivity index (χ0) is 15.3. The number of aromatic nitrogens is 1. The molecule has 0 spiro atoms. The van der Waals surface area contributed by atoms with Crippen molar-refractivity contribution < 1.29 is 8.42 Å². The van der Waals surface area contributed by atoms with Crippen molar-refractivity contribution in [3.63, 3.8) is 0 Å². The highest BCUT2D eigenvalue weighted by atomic mass is 32.2. The molecular weight excluding hydrogens is 284 g/mol. The van der Waals surface area contributed by atoms with Crippen LogP contribution >= 0.6 is 0 Å². The van der Waals surface area contributed by atoms with E-state index < -0.39 is 9.84 Å². The Kier molecular flexibility index (Phi) is 5.35. The molecule has 0 bridgehead atoms. The second-order valence-corrected chi connectivity index (χ2v) is 7.95. The summed E-state index contributed by atoms with van der Waals surface area (Å²) in [5.41, 5.74) is 0.857. The minimum absolute atomic E-state index is 0.0593. The highest BCUT2D eigenvalue weighted by molar-refractivity contribution is 7.92. The maximum Gasteiger partial charge on any atom is 0.182 e. The maximum atomic E-state index is 12.7. The molecule has 1 aromatic heterocycles. The van der Waals surface area contributed by atoms with Crippen molar-refractivity contribution >= 4 is 9.84 Å². The van der Waals surface area contributed by atoms with Gasteiger partial charge in [0.15, 0.2) is 9.84 Å². The Morgan fingerprint density at radius 2 is 2.05 bits per heavy atom. The molecule has 0 N–H and O–H groups in total. The van der Waals surface area contributed by atoms with Gasteiger partial charge in [-0.2, -0.15) is 5.26 Å². The van der Waals surface area contributed by atoms with Crippen molar-refractivity contribution in [1.29, 1.82) is 5.26 Å². The lowest BCUT2D eigenvalue weighted by Gasteiger charge is -2.22. The van der Waals surface area contributed by atoms with Crippen LogP contribution in [-0.4, -0.2) is 18.7 Å². The van der Waals surface area contributed by atoms with Gasteiger partial charge < -0.3 is 0 Å². The van der Waals surface area contributed by atoms with Crippen LogP contribution in [0.3, 0.4) is 0 Å². The Morgan fingerprint density at radius 1 is 1.33 bits per heavy atom. The van der Waals surface area contributed by atoms with Crippen molar-refractivity contribution in [3.05, 3.63) is 24.0 Å². The maximum absolute atomic E-state index is 12.7. The third kappa shape index (κ3) is 3.62. The Hall–Kier alpha value is -1.41. The van der Waals surface area contributed by atoms with E-state index in [1.54, 1.807) is 12.3 Å². The van der Waals surface area contributed by atoms with Crippen molar-refractivity contribution in [1.82, 2.24) is 4.98 Å². The molecule has 4 nitrogen and oxygen atoms in total. The standard InChI is InChI=1S/C16H22N2O2S/c1-2-13(8-9-17)14-10-16(12-18-11-14)21(19,20)15-6-4-3-5-7-15/h10-13,15H,2-8H2,1H3. The summed E-state index contributed by atoms with van der Waals surface area (Å²) < 4.78 is 25.4. The van der Waals surface area contributed by atoms with E-state index in [1.165, 1.54) is 6.20 Å². The van der Waals surface area contributed by atoms with E-state index >= 15 is 0 Å². The molecule has 1 aliphatic rings. The van der Waals surface area contributed by atoms with E-state index in [0.717, 1.165) is 44.1 Å². The average molecular weight is 306 g/mol. The van der Waals surface area contributed by atoms with Gasteiger partial charge in [-0.1, -0.05) is 26.2 Å². The average Bonchev–Trinajstić information content (AvgIpc) is 2.53. The van der Waals surface area contributed by atoms with Gasteiger partial charge in [0.05, 0.1) is 16.2 Å². The number of hydrogen-bond acceptors (Lipinski definition) is 4. The summed E-state index contributed by atoms with van der Waals surface area (Å²) >= 11 is 0. The highest BCUT2D eigenvalue weighted by Gasteiger charge is 2.29. The number of nitriles is 1. The summed E-state index contributed by atoms with van der Waals surface area (Å²) in [4.78, 5) is 4.43. The minimum atomic E-state index is -3.29. The molecule has 5 heteroatoms. The van der Waals surface area contributed by atoms with Crippen LogP contribution in [0.2, 0.25) is 0 Å². The fourth-order valence-corrected chi connectivity index (χ4v) is 4.84. The molecular formula is C16H22N2O2S. The second-order valence-electron chi connectivity index (χ2n) is 5.73. The van der Waals surface area contributed by atoms with Gasteiger partial charge in [0.1, 0.15) is 0 Å². The van der Waals surface area contributed by atoms with E-state index in [9.17, 15) is 8.42 Å². The fraction of sp³-hybridized carbons (Fsp3) is 0.625. The van der Waals surface area contributed by atoms with E-state index in [1.807, 2.05) is 6.92 Å². The molecule has 1 aliphatic carbocycles. The van der Waals surface area contributed by atoms with Crippen LogP contribution in [0, 0.1) is 11.3 Å². The molecule has 0 aliphatic heterocycles. The molecule has 0 aromatic carbocycles. The first-order valence-electron chi connectivity index (χ1n) is 7.65. The lowest BCUT2D eigenvalue weighted by atomic mass is 9.95. The van der Waals surface area contributed by atoms with E-state index in [0.29, 0.717) is 11.3 Å². The molecule has 114 valence electrons.